The first-order valence-corrected chi connectivity index (χ1v) is 5.86. The first-order chi connectivity index (χ1) is 8.61. The van der Waals surface area contributed by atoms with Gasteiger partial charge in [0, 0.05) is 18.3 Å². The summed E-state index contributed by atoms with van der Waals surface area (Å²) >= 11 is 6.00. The zero-order valence-corrected chi connectivity index (χ0v) is 10.7. The first kappa shape index (κ1) is 13.0. The van der Waals surface area contributed by atoms with Gasteiger partial charge in [-0.05, 0) is 24.1 Å². The Hall–Kier alpha value is -1.43. The van der Waals surface area contributed by atoms with E-state index in [0.29, 0.717) is 11.4 Å². The smallest absolute Gasteiger partial charge is 0.124 e. The topological polar surface area (TPSA) is 55.9 Å². The van der Waals surface area contributed by atoms with Crippen LogP contribution < -0.4 is 11.3 Å². The molecular formula is C12H14ClFN4. The van der Waals surface area contributed by atoms with Gasteiger partial charge in [-0.2, -0.15) is 0 Å². The Morgan fingerprint density at radius 3 is 2.89 bits per heavy atom. The average molecular weight is 269 g/mol. The molecule has 96 valence electrons. The van der Waals surface area contributed by atoms with Crippen molar-refractivity contribution < 1.29 is 4.39 Å². The Labute approximate surface area is 110 Å². The van der Waals surface area contributed by atoms with Crippen LogP contribution in [0.1, 0.15) is 17.3 Å². The molecular weight excluding hydrogens is 255 g/mol. The van der Waals surface area contributed by atoms with Crippen LogP contribution in [0, 0.1) is 5.82 Å². The minimum Gasteiger partial charge on any atom is -0.336 e. The molecule has 0 fully saturated rings. The minimum atomic E-state index is -0.346. The van der Waals surface area contributed by atoms with Crippen molar-refractivity contribution in [1.82, 2.24) is 15.0 Å². The summed E-state index contributed by atoms with van der Waals surface area (Å²) in [7, 11) is 1.89. The Balaban J connectivity index is 2.23. The van der Waals surface area contributed by atoms with Gasteiger partial charge in [-0.25, -0.2) is 9.37 Å². The number of imidazole rings is 1. The van der Waals surface area contributed by atoms with Gasteiger partial charge in [-0.1, -0.05) is 17.7 Å². The molecule has 4 nitrogen and oxygen atoms in total. The third kappa shape index (κ3) is 2.69. The molecule has 0 saturated heterocycles. The summed E-state index contributed by atoms with van der Waals surface area (Å²) in [6, 6.07) is 4.23. The number of aromatic nitrogens is 2. The van der Waals surface area contributed by atoms with Crippen LogP contribution in [0.3, 0.4) is 0 Å². The summed E-state index contributed by atoms with van der Waals surface area (Å²) in [6.07, 6.45) is 4.00. The highest BCUT2D eigenvalue weighted by molar-refractivity contribution is 6.31. The number of nitrogens with two attached hydrogens (primary N) is 1. The van der Waals surface area contributed by atoms with Gasteiger partial charge < -0.3 is 4.57 Å². The Bertz CT molecular complexity index is 541. The lowest BCUT2D eigenvalue weighted by molar-refractivity contribution is 0.521. The van der Waals surface area contributed by atoms with Gasteiger partial charge in [0.05, 0.1) is 18.1 Å². The van der Waals surface area contributed by atoms with Crippen LogP contribution in [-0.2, 0) is 13.5 Å². The Morgan fingerprint density at radius 2 is 2.33 bits per heavy atom. The molecule has 6 heteroatoms. The number of halogens is 2. The van der Waals surface area contributed by atoms with Crippen molar-refractivity contribution in [2.75, 3.05) is 0 Å². The maximum atomic E-state index is 13.0. The highest BCUT2D eigenvalue weighted by Gasteiger charge is 2.15. The van der Waals surface area contributed by atoms with E-state index in [9.17, 15) is 4.39 Å². The van der Waals surface area contributed by atoms with Crippen LogP contribution in [0.15, 0.2) is 30.7 Å². The van der Waals surface area contributed by atoms with Crippen LogP contribution in [-0.4, -0.2) is 9.55 Å². The van der Waals surface area contributed by atoms with E-state index in [2.05, 4.69) is 10.4 Å². The second-order valence-corrected chi connectivity index (χ2v) is 4.50. The number of hydrazine groups is 1. The van der Waals surface area contributed by atoms with E-state index < -0.39 is 0 Å². The molecule has 0 spiro atoms. The summed E-state index contributed by atoms with van der Waals surface area (Å²) in [6.45, 7) is 0. The van der Waals surface area contributed by atoms with Gasteiger partial charge >= 0.3 is 0 Å². The van der Waals surface area contributed by atoms with Gasteiger partial charge in [0.25, 0.3) is 0 Å². The molecule has 1 heterocycles. The predicted molar refractivity (Wildman–Crippen MR) is 68.4 cm³/mol. The molecule has 2 rings (SSSR count). The fraction of sp³-hybridized carbons (Fsp3) is 0.250. The largest absolute Gasteiger partial charge is 0.336 e. The SMILES string of the molecule is Cn1cncc1C(Cc1ccc(F)cc1Cl)NN. The van der Waals surface area contributed by atoms with Crippen LogP contribution in [0.4, 0.5) is 4.39 Å². The van der Waals surface area contributed by atoms with Crippen molar-refractivity contribution in [2.24, 2.45) is 12.9 Å². The van der Waals surface area contributed by atoms with E-state index in [4.69, 9.17) is 17.4 Å². The van der Waals surface area contributed by atoms with Crippen molar-refractivity contribution in [3.8, 4) is 0 Å². The molecule has 0 aliphatic carbocycles. The lowest BCUT2D eigenvalue weighted by Gasteiger charge is -2.17. The fourth-order valence-electron chi connectivity index (χ4n) is 1.86. The van der Waals surface area contributed by atoms with Gasteiger partial charge in [-0.15, -0.1) is 0 Å². The van der Waals surface area contributed by atoms with E-state index in [1.807, 2.05) is 11.6 Å². The molecule has 0 radical (unpaired) electrons. The second-order valence-electron chi connectivity index (χ2n) is 4.09. The number of nitrogens with one attached hydrogen (secondary N) is 1. The van der Waals surface area contributed by atoms with Crippen molar-refractivity contribution in [2.45, 2.75) is 12.5 Å². The molecule has 0 saturated carbocycles. The van der Waals surface area contributed by atoms with Crippen LogP contribution in [0.25, 0.3) is 0 Å². The molecule has 0 amide bonds. The summed E-state index contributed by atoms with van der Waals surface area (Å²) in [4.78, 5) is 4.04. The van der Waals surface area contributed by atoms with Gasteiger partial charge in [-0.3, -0.25) is 11.3 Å². The van der Waals surface area contributed by atoms with Crippen LogP contribution in [0.2, 0.25) is 5.02 Å². The van der Waals surface area contributed by atoms with E-state index in [-0.39, 0.29) is 11.9 Å². The number of aryl methyl sites for hydroxylation is 1. The minimum absolute atomic E-state index is 0.125. The molecule has 1 aromatic carbocycles. The van der Waals surface area contributed by atoms with Crippen molar-refractivity contribution >= 4 is 11.6 Å². The molecule has 3 N–H and O–H groups in total. The maximum Gasteiger partial charge on any atom is 0.124 e. The number of nitrogens with zero attached hydrogens (tertiary/aromatic N) is 2. The third-order valence-electron chi connectivity index (χ3n) is 2.85. The van der Waals surface area contributed by atoms with E-state index in [1.165, 1.54) is 12.1 Å². The molecule has 0 aliphatic rings. The molecule has 0 bridgehead atoms. The normalized spacial score (nSPS) is 12.7. The van der Waals surface area contributed by atoms with Gasteiger partial charge in [0.15, 0.2) is 0 Å². The maximum absolute atomic E-state index is 13.0. The van der Waals surface area contributed by atoms with Gasteiger partial charge in [0.1, 0.15) is 5.82 Å². The molecule has 1 unspecified atom stereocenters. The van der Waals surface area contributed by atoms with E-state index >= 15 is 0 Å². The number of rotatable bonds is 4. The second kappa shape index (κ2) is 5.48. The molecule has 1 aromatic heterocycles. The van der Waals surface area contributed by atoms with Gasteiger partial charge in [0.2, 0.25) is 0 Å². The standard InChI is InChI=1S/C12H14ClFN4/c1-18-7-16-6-12(18)11(17-15)4-8-2-3-9(14)5-10(8)13/h2-3,5-7,11,17H,4,15H2,1H3. The zero-order chi connectivity index (χ0) is 13.1. The zero-order valence-electron chi connectivity index (χ0n) is 9.90. The Morgan fingerprint density at radius 1 is 1.56 bits per heavy atom. The molecule has 0 aliphatic heterocycles. The third-order valence-corrected chi connectivity index (χ3v) is 3.20. The summed E-state index contributed by atoms with van der Waals surface area (Å²) in [5, 5.41) is 0.400. The van der Waals surface area contributed by atoms with Crippen molar-refractivity contribution in [3.05, 3.63) is 52.8 Å². The quantitative estimate of drug-likeness (QED) is 0.658. The number of hydrogen-bond donors (Lipinski definition) is 2. The van der Waals surface area contributed by atoms with E-state index in [0.717, 1.165) is 11.3 Å². The first-order valence-electron chi connectivity index (χ1n) is 5.48. The lowest BCUT2D eigenvalue weighted by atomic mass is 10.0. The summed E-state index contributed by atoms with van der Waals surface area (Å²) in [5.41, 5.74) is 4.50. The predicted octanol–water partition coefficient (Wildman–Crippen LogP) is 1.96. The van der Waals surface area contributed by atoms with Crippen molar-refractivity contribution in [3.63, 3.8) is 0 Å². The Kier molecular flexibility index (Phi) is 3.96. The van der Waals surface area contributed by atoms with E-state index in [1.54, 1.807) is 18.6 Å². The number of hydrogen-bond acceptors (Lipinski definition) is 3. The monoisotopic (exact) mass is 268 g/mol. The summed E-state index contributed by atoms with van der Waals surface area (Å²) < 4.78 is 14.8. The summed E-state index contributed by atoms with van der Waals surface area (Å²) in [5.74, 6) is 5.21. The highest BCUT2D eigenvalue weighted by Crippen LogP contribution is 2.23. The molecule has 18 heavy (non-hydrogen) atoms. The highest BCUT2D eigenvalue weighted by atomic mass is 35.5. The fourth-order valence-corrected chi connectivity index (χ4v) is 2.10. The van der Waals surface area contributed by atoms with Crippen molar-refractivity contribution in [1.29, 1.82) is 0 Å². The lowest BCUT2D eigenvalue weighted by Crippen LogP contribution is -2.31. The molecule has 1 atom stereocenters. The molecule has 2 aromatic rings. The average Bonchev–Trinajstić information content (AvgIpc) is 2.75. The number of benzene rings is 1. The van der Waals surface area contributed by atoms with Crippen LogP contribution >= 0.6 is 11.6 Å². The van der Waals surface area contributed by atoms with Crippen LogP contribution in [0.5, 0.6) is 0 Å².